The van der Waals surface area contributed by atoms with E-state index in [1.807, 2.05) is 0 Å². The van der Waals surface area contributed by atoms with Crippen molar-refractivity contribution in [2.75, 3.05) is 13.1 Å². The molecule has 0 atom stereocenters. The fraction of sp³-hybridized carbons (Fsp3) is 0.417. The van der Waals surface area contributed by atoms with E-state index >= 15 is 0 Å². The normalized spacial score (nSPS) is 10.7. The minimum Gasteiger partial charge on any atom is -0.393 e. The van der Waals surface area contributed by atoms with Crippen molar-refractivity contribution >= 4 is 39.8 Å². The van der Waals surface area contributed by atoms with E-state index in [4.69, 9.17) is 18.0 Å². The first-order valence-electron chi connectivity index (χ1n) is 5.37. The molecule has 16 heavy (non-hydrogen) atoms. The van der Waals surface area contributed by atoms with E-state index < -0.39 is 0 Å². The van der Waals surface area contributed by atoms with Crippen molar-refractivity contribution in [2.24, 2.45) is 5.73 Å². The second-order valence-electron chi connectivity index (χ2n) is 3.71. The van der Waals surface area contributed by atoms with Crippen LogP contribution in [0.1, 0.15) is 18.9 Å². The standard InChI is InChI=1S/C12H17IN2S/c1-2-15(8-7-12(14)16)9-10-3-5-11(13)6-4-10/h3-6H,2,7-9H2,1H3,(H2,14,16). The number of halogens is 1. The quantitative estimate of drug-likeness (QED) is 0.633. The lowest BCUT2D eigenvalue weighted by atomic mass is 10.2. The molecular weight excluding hydrogens is 331 g/mol. The Morgan fingerprint density at radius 2 is 2.00 bits per heavy atom. The van der Waals surface area contributed by atoms with Crippen LogP contribution in [0, 0.1) is 3.57 Å². The molecule has 0 fully saturated rings. The molecule has 0 saturated heterocycles. The number of benzene rings is 1. The number of nitrogens with two attached hydrogens (primary N) is 1. The van der Waals surface area contributed by atoms with Crippen LogP contribution in [0.25, 0.3) is 0 Å². The second kappa shape index (κ2) is 7.19. The van der Waals surface area contributed by atoms with Gasteiger partial charge in [-0.05, 0) is 46.8 Å². The molecule has 0 aliphatic rings. The van der Waals surface area contributed by atoms with Crippen LogP contribution < -0.4 is 5.73 Å². The van der Waals surface area contributed by atoms with Crippen LogP contribution in [0.5, 0.6) is 0 Å². The Morgan fingerprint density at radius 3 is 2.50 bits per heavy atom. The predicted octanol–water partition coefficient (Wildman–Crippen LogP) is 2.79. The smallest absolute Gasteiger partial charge is 0.0740 e. The summed E-state index contributed by atoms with van der Waals surface area (Å²) in [4.78, 5) is 2.95. The van der Waals surface area contributed by atoms with Crippen LogP contribution in [-0.2, 0) is 6.54 Å². The maximum atomic E-state index is 5.51. The SMILES string of the molecule is CCN(CCC(N)=S)Cc1ccc(I)cc1. The van der Waals surface area contributed by atoms with Crippen molar-refractivity contribution in [3.05, 3.63) is 33.4 Å². The average molecular weight is 348 g/mol. The lowest BCUT2D eigenvalue weighted by Gasteiger charge is -2.20. The Bertz CT molecular complexity index is 337. The third-order valence-corrected chi connectivity index (χ3v) is 3.36. The molecule has 0 bridgehead atoms. The molecule has 1 aromatic rings. The number of rotatable bonds is 6. The van der Waals surface area contributed by atoms with Gasteiger partial charge in [0.1, 0.15) is 0 Å². The summed E-state index contributed by atoms with van der Waals surface area (Å²) in [5, 5.41) is 0. The average Bonchev–Trinajstić information content (AvgIpc) is 2.26. The van der Waals surface area contributed by atoms with Crippen molar-refractivity contribution < 1.29 is 0 Å². The zero-order valence-corrected chi connectivity index (χ0v) is 12.4. The monoisotopic (exact) mass is 348 g/mol. The summed E-state index contributed by atoms with van der Waals surface area (Å²) < 4.78 is 1.27. The van der Waals surface area contributed by atoms with Gasteiger partial charge in [0.05, 0.1) is 4.99 Å². The molecule has 0 amide bonds. The summed E-state index contributed by atoms with van der Waals surface area (Å²) in [6, 6.07) is 8.62. The summed E-state index contributed by atoms with van der Waals surface area (Å²) in [6.45, 7) is 5.09. The van der Waals surface area contributed by atoms with Crippen molar-refractivity contribution in [2.45, 2.75) is 19.9 Å². The molecule has 0 aliphatic carbocycles. The second-order valence-corrected chi connectivity index (χ2v) is 5.48. The number of nitrogens with zero attached hydrogens (tertiary/aromatic N) is 1. The molecule has 2 N–H and O–H groups in total. The van der Waals surface area contributed by atoms with E-state index in [0.717, 1.165) is 26.1 Å². The van der Waals surface area contributed by atoms with Crippen LogP contribution in [0.4, 0.5) is 0 Å². The third kappa shape index (κ3) is 5.23. The Labute approximate surface area is 116 Å². The molecule has 0 aromatic heterocycles. The van der Waals surface area contributed by atoms with Crippen LogP contribution in [0.15, 0.2) is 24.3 Å². The third-order valence-electron chi connectivity index (χ3n) is 2.44. The highest BCUT2D eigenvalue weighted by atomic mass is 127. The van der Waals surface area contributed by atoms with Gasteiger partial charge in [0.25, 0.3) is 0 Å². The summed E-state index contributed by atoms with van der Waals surface area (Å²) >= 11 is 7.21. The summed E-state index contributed by atoms with van der Waals surface area (Å²) in [6.07, 6.45) is 0.799. The molecule has 1 rings (SSSR count). The van der Waals surface area contributed by atoms with Crippen molar-refractivity contribution in [3.8, 4) is 0 Å². The molecule has 0 radical (unpaired) electrons. The highest BCUT2D eigenvalue weighted by Crippen LogP contribution is 2.09. The highest BCUT2D eigenvalue weighted by Gasteiger charge is 2.04. The van der Waals surface area contributed by atoms with Gasteiger partial charge in [0.15, 0.2) is 0 Å². The molecule has 1 aromatic carbocycles. The molecule has 0 saturated carbocycles. The van der Waals surface area contributed by atoms with Gasteiger partial charge < -0.3 is 5.73 Å². The molecule has 0 unspecified atom stereocenters. The van der Waals surface area contributed by atoms with Gasteiger partial charge in [-0.1, -0.05) is 31.3 Å². The van der Waals surface area contributed by atoms with E-state index in [2.05, 4.69) is 58.7 Å². The Hall–Kier alpha value is -0.200. The Kier molecular flexibility index (Phi) is 6.23. The van der Waals surface area contributed by atoms with Crippen LogP contribution >= 0.6 is 34.8 Å². The fourth-order valence-corrected chi connectivity index (χ4v) is 1.92. The van der Waals surface area contributed by atoms with Crippen LogP contribution in [0.2, 0.25) is 0 Å². The van der Waals surface area contributed by atoms with Gasteiger partial charge in [-0.2, -0.15) is 0 Å². The predicted molar refractivity (Wildman–Crippen MR) is 81.5 cm³/mol. The first-order chi connectivity index (χ1) is 7.61. The van der Waals surface area contributed by atoms with Gasteiger partial charge in [0, 0.05) is 23.1 Å². The molecule has 4 heteroatoms. The summed E-state index contributed by atoms with van der Waals surface area (Å²) in [7, 11) is 0. The van der Waals surface area contributed by atoms with Gasteiger partial charge >= 0.3 is 0 Å². The minimum absolute atomic E-state index is 0.598. The molecule has 88 valence electrons. The van der Waals surface area contributed by atoms with Crippen molar-refractivity contribution in [1.82, 2.24) is 4.90 Å². The zero-order chi connectivity index (χ0) is 12.0. The van der Waals surface area contributed by atoms with Gasteiger partial charge in [-0.25, -0.2) is 0 Å². The molecule has 0 heterocycles. The van der Waals surface area contributed by atoms with Crippen LogP contribution in [0.3, 0.4) is 0 Å². The molecule has 0 spiro atoms. The van der Waals surface area contributed by atoms with Gasteiger partial charge in [-0.3, -0.25) is 4.90 Å². The topological polar surface area (TPSA) is 29.3 Å². The molecule has 0 aliphatic heterocycles. The van der Waals surface area contributed by atoms with Crippen molar-refractivity contribution in [3.63, 3.8) is 0 Å². The number of hydrogen-bond acceptors (Lipinski definition) is 2. The van der Waals surface area contributed by atoms with E-state index in [1.54, 1.807) is 0 Å². The van der Waals surface area contributed by atoms with Gasteiger partial charge in [0.2, 0.25) is 0 Å². The lowest BCUT2D eigenvalue weighted by molar-refractivity contribution is 0.288. The fourth-order valence-electron chi connectivity index (χ4n) is 1.47. The van der Waals surface area contributed by atoms with Crippen molar-refractivity contribution in [1.29, 1.82) is 0 Å². The minimum atomic E-state index is 0.598. The van der Waals surface area contributed by atoms with Gasteiger partial charge in [-0.15, -0.1) is 0 Å². The Balaban J connectivity index is 2.49. The van der Waals surface area contributed by atoms with E-state index in [-0.39, 0.29) is 0 Å². The van der Waals surface area contributed by atoms with E-state index in [0.29, 0.717) is 4.99 Å². The maximum absolute atomic E-state index is 5.51. The van der Waals surface area contributed by atoms with Crippen LogP contribution in [-0.4, -0.2) is 23.0 Å². The first kappa shape index (κ1) is 13.9. The lowest BCUT2D eigenvalue weighted by Crippen LogP contribution is -2.27. The maximum Gasteiger partial charge on any atom is 0.0740 e. The summed E-state index contributed by atoms with van der Waals surface area (Å²) in [5.41, 5.74) is 6.85. The van der Waals surface area contributed by atoms with E-state index in [9.17, 15) is 0 Å². The molecular formula is C12H17IN2S. The highest BCUT2D eigenvalue weighted by molar-refractivity contribution is 14.1. The summed E-state index contributed by atoms with van der Waals surface area (Å²) in [5.74, 6) is 0. The van der Waals surface area contributed by atoms with E-state index in [1.165, 1.54) is 9.13 Å². The number of hydrogen-bond donors (Lipinski definition) is 1. The Morgan fingerprint density at radius 1 is 1.38 bits per heavy atom. The largest absolute Gasteiger partial charge is 0.393 e. The zero-order valence-electron chi connectivity index (χ0n) is 9.45. The first-order valence-corrected chi connectivity index (χ1v) is 6.85. The number of thiocarbonyl (C=S) groups is 1. The molecule has 2 nitrogen and oxygen atoms in total.